The molecule has 0 bridgehead atoms. The molecule has 23 aromatic rings. The Labute approximate surface area is 679 Å². The maximum absolute atomic E-state index is 7.11. The molecular formula is C101H58N10OS4. The Morgan fingerprint density at radius 3 is 1.26 bits per heavy atom. The van der Waals surface area contributed by atoms with Crippen molar-refractivity contribution >= 4 is 148 Å². The van der Waals surface area contributed by atoms with Gasteiger partial charge < -0.3 is 4.42 Å². The number of thiophene rings is 4. The molecule has 0 N–H and O–H groups in total. The van der Waals surface area contributed by atoms with Gasteiger partial charge in [0.05, 0.1) is 37.4 Å². The summed E-state index contributed by atoms with van der Waals surface area (Å²) in [6.07, 6.45) is 0. The summed E-state index contributed by atoms with van der Waals surface area (Å²) < 4.78 is 15.8. The van der Waals surface area contributed by atoms with Crippen molar-refractivity contribution in [1.29, 1.82) is 0 Å². The third-order valence-corrected chi connectivity index (χ3v) is 27.4. The molecule has 24 rings (SSSR count). The van der Waals surface area contributed by atoms with E-state index in [0.717, 1.165) is 175 Å². The Balaban J connectivity index is 0.704. The summed E-state index contributed by atoms with van der Waals surface area (Å²) in [5.74, 6) is 4.76. The molecule has 0 saturated heterocycles. The Kier molecular flexibility index (Phi) is 14.9. The molecular weight excluding hydrogens is 1500 g/mol. The highest BCUT2D eigenvalue weighted by Crippen LogP contribution is 2.53. The summed E-state index contributed by atoms with van der Waals surface area (Å²) in [4.78, 5) is 54.4. The first-order chi connectivity index (χ1) is 57.2. The lowest BCUT2D eigenvalue weighted by Gasteiger charge is -2.21. The predicted molar refractivity (Wildman–Crippen MR) is 481 cm³/mol. The second-order valence-corrected chi connectivity index (χ2v) is 34.3. The van der Waals surface area contributed by atoms with Gasteiger partial charge in [0.15, 0.2) is 46.6 Å². The second kappa shape index (κ2) is 26.0. The van der Waals surface area contributed by atoms with Crippen LogP contribution in [0.4, 0.5) is 0 Å². The fraction of sp³-hybridized carbons (Fsp3) is 0.0297. The summed E-state index contributed by atoms with van der Waals surface area (Å²) in [5.41, 5.74) is 20.9. The second-order valence-electron chi connectivity index (χ2n) is 30.1. The highest BCUT2D eigenvalue weighted by molar-refractivity contribution is 7.27. The van der Waals surface area contributed by atoms with E-state index in [4.69, 9.17) is 54.3 Å². The number of furan rings is 1. The van der Waals surface area contributed by atoms with Gasteiger partial charge in [-0.1, -0.05) is 263 Å². The van der Waals surface area contributed by atoms with Gasteiger partial charge in [0.1, 0.15) is 11.2 Å². The number of hydrogen-bond donors (Lipinski definition) is 0. The molecule has 0 radical (unpaired) electrons. The van der Waals surface area contributed by atoms with Crippen molar-refractivity contribution in [2.75, 3.05) is 0 Å². The molecule has 0 fully saturated rings. The van der Waals surface area contributed by atoms with Crippen LogP contribution in [0.2, 0.25) is 0 Å². The monoisotopic (exact) mass is 1550 g/mol. The molecule has 0 aliphatic heterocycles. The van der Waals surface area contributed by atoms with Crippen molar-refractivity contribution in [2.24, 2.45) is 0 Å². The topological polar surface area (TPSA) is 142 Å². The Morgan fingerprint density at radius 1 is 0.233 bits per heavy atom. The van der Waals surface area contributed by atoms with Gasteiger partial charge >= 0.3 is 0 Å². The van der Waals surface area contributed by atoms with Crippen molar-refractivity contribution in [2.45, 2.75) is 19.3 Å². The number of rotatable bonds is 11. The molecule has 14 aromatic carbocycles. The van der Waals surface area contributed by atoms with Crippen LogP contribution in [0.3, 0.4) is 0 Å². The molecule has 1 aliphatic rings. The SMILES string of the molecule is CC1(C)c2ccccc2-c2ccc(-c3nc(-c4ccc5c(c4)sc4cc(-c6cc(-c7nc(-c8ccc9c(c8)sc8cccc(-c%10nc(-c%11ccccc%11)nc(-c%11ccccc%11)n%10)c89)c8sc9ccccc9c8n7)c7oc8ccccc8c7c6)cc(-c6nc(-c7ccccc7)nc(-c7ccccc7)n6)c45)c4sc5ccccc5c4n3)cc21. The van der Waals surface area contributed by atoms with Crippen LogP contribution in [-0.4, -0.2) is 49.8 Å². The van der Waals surface area contributed by atoms with Crippen LogP contribution in [-0.2, 0) is 5.41 Å². The van der Waals surface area contributed by atoms with Gasteiger partial charge in [0.25, 0.3) is 0 Å². The average molecular weight is 1560 g/mol. The summed E-state index contributed by atoms with van der Waals surface area (Å²) in [7, 11) is 0. The van der Waals surface area contributed by atoms with E-state index >= 15 is 0 Å². The van der Waals surface area contributed by atoms with Crippen LogP contribution in [0.1, 0.15) is 25.0 Å². The van der Waals surface area contributed by atoms with Crippen LogP contribution < -0.4 is 0 Å². The van der Waals surface area contributed by atoms with E-state index in [2.05, 4.69) is 220 Å². The number of para-hydroxylation sites is 1. The van der Waals surface area contributed by atoms with Crippen LogP contribution in [0, 0.1) is 0 Å². The molecule has 9 heterocycles. The molecule has 542 valence electrons. The largest absolute Gasteiger partial charge is 0.455 e. The highest BCUT2D eigenvalue weighted by Gasteiger charge is 2.36. The van der Waals surface area contributed by atoms with E-state index in [9.17, 15) is 0 Å². The Hall–Kier alpha value is -14.1. The lowest BCUT2D eigenvalue weighted by Crippen LogP contribution is -2.15. The van der Waals surface area contributed by atoms with E-state index in [1.807, 2.05) is 109 Å². The third-order valence-electron chi connectivity index (χ3n) is 22.8. The van der Waals surface area contributed by atoms with Gasteiger partial charge in [-0.25, -0.2) is 49.8 Å². The van der Waals surface area contributed by atoms with Crippen molar-refractivity contribution in [1.82, 2.24) is 49.8 Å². The summed E-state index contributed by atoms with van der Waals surface area (Å²) in [6, 6.07) is 111. The molecule has 15 heteroatoms. The first-order valence-corrected chi connectivity index (χ1v) is 41.7. The van der Waals surface area contributed by atoms with Crippen molar-refractivity contribution in [3.8, 4) is 136 Å². The average Bonchev–Trinajstić information content (AvgIpc) is 1.56. The minimum atomic E-state index is -0.201. The summed E-state index contributed by atoms with van der Waals surface area (Å²) >= 11 is 6.98. The summed E-state index contributed by atoms with van der Waals surface area (Å²) in [5, 5.41) is 8.37. The zero-order chi connectivity index (χ0) is 76.4. The Bertz CT molecular complexity index is 7960. The standard InChI is InChI=1S/C101H58N10OS4/c1-101(2)75-37-19-15-32-64(75)65-45-44-61(51-76(65)101)97-102-86(91-88(104-97)69-34-17-21-39-78(69)115-91)59-43-47-68-82(53-59)114-83-54-63(49-73(85(68)83)99-110-95(57-28-11-5-12-29-57)107-96(111-99)58-30-13-6-14-31-58)62-48-72-66-33-16-20-38-77(66)112-90(72)74(50-62)100-103-87(92-89(105-100)70-35-18-22-40-79(70)116-92)60-42-46-67-81(52-60)113-80-41-23-36-71(84(67)80)98-108-93(55-24-7-3-8-25-55)106-94(109-98)56-26-9-4-10-27-56/h3-54H,1-2H3. The van der Waals surface area contributed by atoms with E-state index in [1.54, 1.807) is 45.3 Å². The normalized spacial score (nSPS) is 12.6. The number of benzene rings is 14. The smallest absolute Gasteiger partial charge is 0.164 e. The van der Waals surface area contributed by atoms with Crippen LogP contribution >= 0.6 is 45.3 Å². The van der Waals surface area contributed by atoms with Gasteiger partial charge in [-0.2, -0.15) is 0 Å². The molecule has 0 unspecified atom stereocenters. The van der Waals surface area contributed by atoms with Crippen molar-refractivity contribution in [3.05, 3.63) is 327 Å². The van der Waals surface area contributed by atoms with Gasteiger partial charge in [-0.15, -0.1) is 45.3 Å². The van der Waals surface area contributed by atoms with E-state index in [1.165, 1.54) is 22.3 Å². The van der Waals surface area contributed by atoms with E-state index < -0.39 is 0 Å². The first kappa shape index (κ1) is 66.5. The molecule has 9 aromatic heterocycles. The fourth-order valence-corrected chi connectivity index (χ4v) is 21.9. The van der Waals surface area contributed by atoms with E-state index in [0.29, 0.717) is 52.2 Å². The quantitative estimate of drug-likeness (QED) is 0.122. The van der Waals surface area contributed by atoms with Crippen LogP contribution in [0.15, 0.2) is 320 Å². The van der Waals surface area contributed by atoms with Crippen molar-refractivity contribution < 1.29 is 4.42 Å². The zero-order valence-electron chi connectivity index (χ0n) is 62.0. The molecule has 0 amide bonds. The van der Waals surface area contributed by atoms with Gasteiger partial charge in [-0.05, 0) is 100 Å². The molecule has 116 heavy (non-hydrogen) atoms. The minimum absolute atomic E-state index is 0.201. The zero-order valence-corrected chi connectivity index (χ0v) is 65.3. The first-order valence-electron chi connectivity index (χ1n) is 38.5. The number of aromatic nitrogens is 10. The lowest BCUT2D eigenvalue weighted by atomic mass is 9.82. The number of nitrogens with zero attached hydrogens (tertiary/aromatic N) is 10. The minimum Gasteiger partial charge on any atom is -0.455 e. The number of hydrogen-bond acceptors (Lipinski definition) is 15. The fourth-order valence-electron chi connectivity index (χ4n) is 17.2. The molecule has 0 atom stereocenters. The molecule has 0 spiro atoms. The lowest BCUT2D eigenvalue weighted by molar-refractivity contribution is 0.660. The third kappa shape index (κ3) is 10.7. The molecule has 11 nitrogen and oxygen atoms in total. The van der Waals surface area contributed by atoms with Crippen molar-refractivity contribution in [3.63, 3.8) is 0 Å². The molecule has 0 saturated carbocycles. The highest BCUT2D eigenvalue weighted by atomic mass is 32.1. The van der Waals surface area contributed by atoms with Gasteiger partial charge in [0, 0.05) is 127 Å². The van der Waals surface area contributed by atoms with Gasteiger partial charge in [-0.3, -0.25) is 0 Å². The van der Waals surface area contributed by atoms with Gasteiger partial charge in [0.2, 0.25) is 0 Å². The predicted octanol–water partition coefficient (Wildman–Crippen LogP) is 27.7. The number of fused-ring (bicyclic) bond motifs is 18. The van der Waals surface area contributed by atoms with Crippen LogP contribution in [0.25, 0.3) is 239 Å². The maximum atomic E-state index is 7.11. The molecule has 1 aliphatic carbocycles. The summed E-state index contributed by atoms with van der Waals surface area (Å²) in [6.45, 7) is 4.65. The van der Waals surface area contributed by atoms with Crippen LogP contribution in [0.5, 0.6) is 0 Å². The van der Waals surface area contributed by atoms with E-state index in [-0.39, 0.29) is 5.41 Å². The maximum Gasteiger partial charge on any atom is 0.164 e. The Morgan fingerprint density at radius 2 is 0.655 bits per heavy atom.